The van der Waals surface area contributed by atoms with E-state index >= 15 is 0 Å². The number of rotatable bonds is 10. The van der Waals surface area contributed by atoms with E-state index in [9.17, 15) is 0 Å². The molecule has 5 heteroatoms. The van der Waals surface area contributed by atoms with Gasteiger partial charge >= 0.3 is 0 Å². The molecule has 54 heavy (non-hydrogen) atoms. The van der Waals surface area contributed by atoms with Gasteiger partial charge in [0.05, 0.1) is 17.1 Å². The second-order valence-corrected chi connectivity index (χ2v) is 13.1. The van der Waals surface area contributed by atoms with Crippen LogP contribution < -0.4 is 24.8 Å². The molecule has 1 aliphatic rings. The van der Waals surface area contributed by atoms with Gasteiger partial charge in [0.15, 0.2) is 0 Å². The highest BCUT2D eigenvalue weighted by Gasteiger charge is 2.32. The molecule has 0 radical (unpaired) electrons. The molecule has 9 rings (SSSR count). The van der Waals surface area contributed by atoms with E-state index in [1.165, 1.54) is 5.56 Å². The van der Waals surface area contributed by atoms with Crippen molar-refractivity contribution in [3.8, 4) is 11.5 Å². The Balaban J connectivity index is 1.19. The number of nitrogens with one attached hydrogen (secondary N) is 1. The van der Waals surface area contributed by atoms with Crippen molar-refractivity contribution in [2.45, 2.75) is 6.17 Å². The Labute approximate surface area is 316 Å². The molecule has 1 atom stereocenters. The van der Waals surface area contributed by atoms with Crippen LogP contribution in [0.15, 0.2) is 218 Å². The third-order valence-electron chi connectivity index (χ3n) is 9.61. The zero-order valence-electron chi connectivity index (χ0n) is 29.6. The summed E-state index contributed by atoms with van der Waals surface area (Å²) in [5, 5.41) is 3.80. The summed E-state index contributed by atoms with van der Waals surface area (Å²) in [6.45, 7) is 0. The number of hydrogen-bond donors (Lipinski definition) is 1. The number of nitrogens with zero attached hydrogens (tertiary/aromatic N) is 3. The van der Waals surface area contributed by atoms with Crippen LogP contribution in [-0.4, -0.2) is 0 Å². The number of hydrogen-bond acceptors (Lipinski definition) is 5. The lowest BCUT2D eigenvalue weighted by atomic mass is 10.1. The van der Waals surface area contributed by atoms with E-state index in [2.05, 4.69) is 220 Å². The van der Waals surface area contributed by atoms with Gasteiger partial charge in [-0.2, -0.15) is 0 Å². The first-order chi connectivity index (χ1) is 26.8. The predicted molar refractivity (Wildman–Crippen MR) is 224 cm³/mol. The summed E-state index contributed by atoms with van der Waals surface area (Å²) in [7, 11) is 0. The maximum atomic E-state index is 6.93. The minimum absolute atomic E-state index is 0.123. The maximum Gasteiger partial charge on any atom is 0.131 e. The van der Waals surface area contributed by atoms with Crippen LogP contribution in [0.2, 0.25) is 0 Å². The number of benzene rings is 8. The van der Waals surface area contributed by atoms with E-state index in [0.717, 1.165) is 62.7 Å². The van der Waals surface area contributed by atoms with Crippen LogP contribution in [0.4, 0.5) is 51.2 Å². The Bertz CT molecular complexity index is 2380. The van der Waals surface area contributed by atoms with Gasteiger partial charge in [0.2, 0.25) is 0 Å². The smallest absolute Gasteiger partial charge is 0.131 e. The quantitative estimate of drug-likeness (QED) is 0.154. The largest absolute Gasteiger partial charge is 0.457 e. The average molecular weight is 699 g/mol. The summed E-state index contributed by atoms with van der Waals surface area (Å²) in [4.78, 5) is 6.91. The third kappa shape index (κ3) is 6.62. The molecule has 0 saturated carbocycles. The van der Waals surface area contributed by atoms with E-state index in [-0.39, 0.29) is 6.17 Å². The second kappa shape index (κ2) is 14.8. The van der Waals surface area contributed by atoms with Gasteiger partial charge in [0.1, 0.15) is 17.7 Å². The molecule has 8 aromatic carbocycles. The van der Waals surface area contributed by atoms with E-state index in [1.807, 2.05) is 18.2 Å². The lowest BCUT2D eigenvalue weighted by Crippen LogP contribution is -2.23. The van der Waals surface area contributed by atoms with Crippen LogP contribution in [0.1, 0.15) is 11.7 Å². The number of anilines is 9. The van der Waals surface area contributed by atoms with Crippen LogP contribution in [-0.2, 0) is 0 Å². The van der Waals surface area contributed by atoms with Gasteiger partial charge in [-0.05, 0) is 84.4 Å². The first-order valence-corrected chi connectivity index (χ1v) is 18.2. The highest BCUT2D eigenvalue weighted by Crippen LogP contribution is 2.49. The monoisotopic (exact) mass is 698 g/mol. The molecule has 1 N–H and O–H groups in total. The Morgan fingerprint density at radius 3 is 1.43 bits per heavy atom. The van der Waals surface area contributed by atoms with Crippen LogP contribution in [0.3, 0.4) is 0 Å². The molecule has 0 saturated heterocycles. The van der Waals surface area contributed by atoms with Crippen molar-refractivity contribution in [3.63, 3.8) is 0 Å². The number of fused-ring (bicyclic) bond motifs is 1. The lowest BCUT2D eigenvalue weighted by molar-refractivity contribution is 0.483. The SMILES string of the molecule is c1ccc(C2Nc3ccccc3N2c2cc(Oc3cccc(N(c4ccccc4)c4ccccc4)c3)cc(N(c3ccccc3)c3ccccc3)c2)cc1. The molecular weight excluding hydrogens is 661 g/mol. The zero-order chi connectivity index (χ0) is 36.1. The molecule has 1 unspecified atom stereocenters. The van der Waals surface area contributed by atoms with Crippen LogP contribution >= 0.6 is 0 Å². The van der Waals surface area contributed by atoms with Crippen molar-refractivity contribution in [3.05, 3.63) is 224 Å². The molecule has 260 valence electrons. The molecule has 8 aromatic rings. The molecule has 0 amide bonds. The molecule has 1 aliphatic heterocycles. The van der Waals surface area contributed by atoms with Gasteiger partial charge in [-0.1, -0.05) is 121 Å². The van der Waals surface area contributed by atoms with Gasteiger partial charge in [0.25, 0.3) is 0 Å². The van der Waals surface area contributed by atoms with Crippen molar-refractivity contribution in [2.75, 3.05) is 20.0 Å². The fourth-order valence-corrected chi connectivity index (χ4v) is 7.23. The first kappa shape index (κ1) is 32.7. The van der Waals surface area contributed by atoms with Crippen molar-refractivity contribution < 1.29 is 4.74 Å². The minimum Gasteiger partial charge on any atom is -0.457 e. The third-order valence-corrected chi connectivity index (χ3v) is 9.61. The Morgan fingerprint density at radius 2 is 0.852 bits per heavy atom. The summed E-state index contributed by atoms with van der Waals surface area (Å²) in [6, 6.07) is 75.8. The summed E-state index contributed by atoms with van der Waals surface area (Å²) >= 11 is 0. The second-order valence-electron chi connectivity index (χ2n) is 13.1. The van der Waals surface area contributed by atoms with Crippen molar-refractivity contribution in [1.29, 1.82) is 0 Å². The molecule has 1 heterocycles. The predicted octanol–water partition coefficient (Wildman–Crippen LogP) is 13.7. The Kier molecular flexibility index (Phi) is 8.94. The van der Waals surface area contributed by atoms with Gasteiger partial charge in [0, 0.05) is 52.3 Å². The summed E-state index contributed by atoms with van der Waals surface area (Å²) in [5.41, 5.74) is 10.6. The van der Waals surface area contributed by atoms with Crippen molar-refractivity contribution in [1.82, 2.24) is 0 Å². The molecule has 5 nitrogen and oxygen atoms in total. The van der Waals surface area contributed by atoms with Crippen LogP contribution in [0.25, 0.3) is 0 Å². The van der Waals surface area contributed by atoms with E-state index in [1.54, 1.807) is 0 Å². The van der Waals surface area contributed by atoms with Crippen LogP contribution in [0, 0.1) is 0 Å². The molecule has 0 bridgehead atoms. The van der Waals surface area contributed by atoms with E-state index < -0.39 is 0 Å². The Morgan fingerprint density at radius 1 is 0.389 bits per heavy atom. The summed E-state index contributed by atoms with van der Waals surface area (Å²) < 4.78 is 6.93. The lowest BCUT2D eigenvalue weighted by Gasteiger charge is -2.31. The highest BCUT2D eigenvalue weighted by molar-refractivity contribution is 5.87. The summed E-state index contributed by atoms with van der Waals surface area (Å²) in [6.07, 6.45) is -0.123. The normalized spacial score (nSPS) is 13.1. The summed E-state index contributed by atoms with van der Waals surface area (Å²) in [5.74, 6) is 1.46. The van der Waals surface area contributed by atoms with Gasteiger partial charge in [-0.15, -0.1) is 0 Å². The van der Waals surface area contributed by atoms with E-state index in [0.29, 0.717) is 0 Å². The van der Waals surface area contributed by atoms with Gasteiger partial charge in [-0.3, -0.25) is 0 Å². The first-order valence-electron chi connectivity index (χ1n) is 18.2. The molecular formula is C49H38N4O. The molecule has 0 fully saturated rings. The van der Waals surface area contributed by atoms with Crippen LogP contribution in [0.5, 0.6) is 11.5 Å². The maximum absolute atomic E-state index is 6.93. The Hall–Kier alpha value is -7.24. The minimum atomic E-state index is -0.123. The number of para-hydroxylation sites is 6. The van der Waals surface area contributed by atoms with Gasteiger partial charge in [-0.25, -0.2) is 0 Å². The van der Waals surface area contributed by atoms with Gasteiger partial charge < -0.3 is 24.8 Å². The van der Waals surface area contributed by atoms with Crippen molar-refractivity contribution in [2.24, 2.45) is 0 Å². The fraction of sp³-hybridized carbons (Fsp3) is 0.0204. The molecule has 0 aliphatic carbocycles. The topological polar surface area (TPSA) is 31.0 Å². The highest BCUT2D eigenvalue weighted by atomic mass is 16.5. The zero-order valence-corrected chi connectivity index (χ0v) is 29.6. The molecule has 0 spiro atoms. The molecule has 0 aromatic heterocycles. The van der Waals surface area contributed by atoms with Crippen molar-refractivity contribution >= 4 is 51.2 Å². The average Bonchev–Trinajstić information content (AvgIpc) is 3.63. The number of ether oxygens (including phenoxy) is 1. The van der Waals surface area contributed by atoms with E-state index in [4.69, 9.17) is 4.74 Å². The standard InChI is InChI=1S/C49H38N4O/c1-6-19-37(20-7-1)49-50-47-31-16-17-32-48(47)53(49)44-33-43(52(40-25-12-4-13-26-40)41-27-14-5-15-28-41)35-46(36-44)54-45-30-18-29-42(34-45)51(38-21-8-2-9-22-38)39-23-10-3-11-24-39/h1-36,49-50H. The fourth-order valence-electron chi connectivity index (χ4n) is 7.23.